The predicted molar refractivity (Wildman–Crippen MR) is 119 cm³/mol. The first-order valence-corrected chi connectivity index (χ1v) is 10.4. The van der Waals surface area contributed by atoms with Crippen molar-refractivity contribution in [3.63, 3.8) is 0 Å². The van der Waals surface area contributed by atoms with Crippen molar-refractivity contribution in [1.29, 1.82) is 0 Å². The van der Waals surface area contributed by atoms with Gasteiger partial charge in [-0.1, -0.05) is 17.7 Å². The van der Waals surface area contributed by atoms with Crippen LogP contribution in [0.15, 0.2) is 48.8 Å². The summed E-state index contributed by atoms with van der Waals surface area (Å²) in [6.45, 7) is 0. The molecule has 3 N–H and O–H groups in total. The number of anilines is 2. The number of aryl methyl sites for hydroxylation is 1. The van der Waals surface area contributed by atoms with Gasteiger partial charge in [0, 0.05) is 22.1 Å². The maximum Gasteiger partial charge on any atom is 0.228 e. The summed E-state index contributed by atoms with van der Waals surface area (Å²) in [5, 5.41) is 3.11. The molecule has 5 rings (SSSR count). The molecule has 0 saturated heterocycles. The van der Waals surface area contributed by atoms with Gasteiger partial charge >= 0.3 is 0 Å². The molecule has 0 saturated carbocycles. The Morgan fingerprint density at radius 1 is 1.16 bits per heavy atom. The first-order chi connectivity index (χ1) is 15.0. The van der Waals surface area contributed by atoms with E-state index in [0.29, 0.717) is 22.1 Å². The summed E-state index contributed by atoms with van der Waals surface area (Å²) >= 11 is 5.76. The first-order valence-electron chi connectivity index (χ1n) is 9.98. The number of halogens is 2. The number of carbonyl (C=O) groups is 1. The molecule has 8 heteroatoms. The SMILES string of the molecule is Nc1ncnc2c3c(n(-c4ccc(NC(=O)Cc5ccc(Cl)cc5F)cc4)c12)CCC3. The number of nitrogens with two attached hydrogens (primary N) is 1. The minimum atomic E-state index is -0.494. The maximum atomic E-state index is 13.9. The van der Waals surface area contributed by atoms with Crippen LogP contribution in [-0.4, -0.2) is 20.4 Å². The van der Waals surface area contributed by atoms with Crippen LogP contribution in [0.3, 0.4) is 0 Å². The van der Waals surface area contributed by atoms with E-state index in [1.54, 1.807) is 6.07 Å². The minimum Gasteiger partial charge on any atom is -0.382 e. The lowest BCUT2D eigenvalue weighted by molar-refractivity contribution is -0.115. The second kappa shape index (κ2) is 7.67. The van der Waals surface area contributed by atoms with E-state index >= 15 is 0 Å². The summed E-state index contributed by atoms with van der Waals surface area (Å²) in [7, 11) is 0. The molecule has 4 aromatic rings. The molecule has 1 aliphatic rings. The number of benzene rings is 2. The number of carbonyl (C=O) groups excluding carboxylic acids is 1. The fourth-order valence-electron chi connectivity index (χ4n) is 4.22. The van der Waals surface area contributed by atoms with Crippen molar-refractivity contribution in [3.8, 4) is 5.69 Å². The van der Waals surface area contributed by atoms with Crippen LogP contribution in [0.4, 0.5) is 15.9 Å². The highest BCUT2D eigenvalue weighted by molar-refractivity contribution is 6.30. The normalized spacial score (nSPS) is 12.8. The number of fused-ring (bicyclic) bond motifs is 3. The van der Waals surface area contributed by atoms with E-state index in [1.807, 2.05) is 24.3 Å². The zero-order valence-corrected chi connectivity index (χ0v) is 17.3. The van der Waals surface area contributed by atoms with Crippen molar-refractivity contribution in [2.24, 2.45) is 0 Å². The van der Waals surface area contributed by atoms with Crippen molar-refractivity contribution in [2.45, 2.75) is 25.7 Å². The van der Waals surface area contributed by atoms with Gasteiger partial charge in [-0.25, -0.2) is 14.4 Å². The van der Waals surface area contributed by atoms with Crippen LogP contribution < -0.4 is 11.1 Å². The number of hydrogen-bond acceptors (Lipinski definition) is 4. The lowest BCUT2D eigenvalue weighted by Crippen LogP contribution is -2.15. The van der Waals surface area contributed by atoms with E-state index in [4.69, 9.17) is 17.3 Å². The number of aromatic nitrogens is 3. The van der Waals surface area contributed by atoms with Crippen LogP contribution in [0.5, 0.6) is 0 Å². The molecule has 0 aliphatic heterocycles. The summed E-state index contributed by atoms with van der Waals surface area (Å²) in [6, 6.07) is 11.8. The van der Waals surface area contributed by atoms with Gasteiger partial charge in [0.05, 0.1) is 11.9 Å². The Labute approximate surface area is 182 Å². The van der Waals surface area contributed by atoms with E-state index in [9.17, 15) is 9.18 Å². The second-order valence-corrected chi connectivity index (χ2v) is 8.01. The highest BCUT2D eigenvalue weighted by Crippen LogP contribution is 2.36. The largest absolute Gasteiger partial charge is 0.382 e. The summed E-state index contributed by atoms with van der Waals surface area (Å²) < 4.78 is 16.1. The molecule has 6 nitrogen and oxygen atoms in total. The number of nitrogen functional groups attached to an aromatic ring is 1. The van der Waals surface area contributed by atoms with Crippen LogP contribution >= 0.6 is 11.6 Å². The molecule has 2 heterocycles. The van der Waals surface area contributed by atoms with E-state index in [2.05, 4.69) is 19.9 Å². The van der Waals surface area contributed by atoms with Gasteiger partial charge in [0.1, 0.15) is 17.7 Å². The molecule has 0 radical (unpaired) electrons. The zero-order chi connectivity index (χ0) is 21.5. The van der Waals surface area contributed by atoms with Gasteiger partial charge in [-0.15, -0.1) is 0 Å². The highest BCUT2D eigenvalue weighted by Gasteiger charge is 2.25. The third kappa shape index (κ3) is 3.51. The van der Waals surface area contributed by atoms with Crippen molar-refractivity contribution in [2.75, 3.05) is 11.1 Å². The molecule has 156 valence electrons. The number of nitrogens with one attached hydrogen (secondary N) is 1. The first kappa shape index (κ1) is 19.5. The number of hydrogen-bond donors (Lipinski definition) is 2. The third-order valence-corrected chi connectivity index (χ3v) is 5.83. The molecule has 0 unspecified atom stereocenters. The minimum absolute atomic E-state index is 0.0750. The zero-order valence-electron chi connectivity index (χ0n) is 16.5. The number of rotatable bonds is 4. The Bertz CT molecular complexity index is 1320. The van der Waals surface area contributed by atoms with Crippen LogP contribution in [0.25, 0.3) is 16.7 Å². The molecule has 0 fully saturated rings. The summed E-state index contributed by atoms with van der Waals surface area (Å²) in [6.07, 6.45) is 4.44. The van der Waals surface area contributed by atoms with Gasteiger partial charge in [-0.2, -0.15) is 0 Å². The van der Waals surface area contributed by atoms with Crippen molar-refractivity contribution in [3.05, 3.63) is 76.5 Å². The van der Waals surface area contributed by atoms with Gasteiger partial charge in [0.25, 0.3) is 0 Å². The molecule has 2 aromatic heterocycles. The molecule has 1 amide bonds. The average Bonchev–Trinajstić information content (AvgIpc) is 3.33. The second-order valence-electron chi connectivity index (χ2n) is 7.58. The van der Waals surface area contributed by atoms with E-state index in [0.717, 1.165) is 36.0 Å². The molecular formula is C23H19ClFN5O. The molecule has 0 atom stereocenters. The van der Waals surface area contributed by atoms with Gasteiger partial charge < -0.3 is 15.6 Å². The van der Waals surface area contributed by atoms with Crippen molar-refractivity contribution in [1.82, 2.24) is 14.5 Å². The monoisotopic (exact) mass is 435 g/mol. The Kier molecular flexibility index (Phi) is 4.82. The molecule has 1 aliphatic carbocycles. The van der Waals surface area contributed by atoms with E-state index < -0.39 is 5.82 Å². The molecule has 2 aromatic carbocycles. The van der Waals surface area contributed by atoms with E-state index in [1.165, 1.54) is 29.7 Å². The Morgan fingerprint density at radius 3 is 2.74 bits per heavy atom. The quantitative estimate of drug-likeness (QED) is 0.495. The van der Waals surface area contributed by atoms with Crippen LogP contribution in [0.1, 0.15) is 23.2 Å². The maximum absolute atomic E-state index is 13.9. The highest BCUT2D eigenvalue weighted by atomic mass is 35.5. The molecule has 0 spiro atoms. The lowest BCUT2D eigenvalue weighted by Gasteiger charge is -2.12. The van der Waals surface area contributed by atoms with Crippen LogP contribution in [-0.2, 0) is 24.1 Å². The Balaban J connectivity index is 1.41. The fourth-order valence-corrected chi connectivity index (χ4v) is 4.38. The lowest BCUT2D eigenvalue weighted by atomic mass is 10.1. The topological polar surface area (TPSA) is 85.8 Å². The average molecular weight is 436 g/mol. The van der Waals surface area contributed by atoms with E-state index in [-0.39, 0.29) is 12.3 Å². The summed E-state index contributed by atoms with van der Waals surface area (Å²) in [5.74, 6) is -0.355. The van der Waals surface area contributed by atoms with Gasteiger partial charge in [-0.05, 0) is 66.8 Å². The predicted octanol–water partition coefficient (Wildman–Crippen LogP) is 4.47. The molecule has 0 bridgehead atoms. The van der Waals surface area contributed by atoms with Crippen molar-refractivity contribution >= 4 is 40.0 Å². The smallest absolute Gasteiger partial charge is 0.228 e. The van der Waals surface area contributed by atoms with Gasteiger partial charge in [-0.3, -0.25) is 4.79 Å². The summed E-state index contributed by atoms with van der Waals surface area (Å²) in [5.41, 5.74) is 12.2. The fraction of sp³-hybridized carbons (Fsp3) is 0.174. The Morgan fingerprint density at radius 2 is 1.97 bits per heavy atom. The Hall–Kier alpha value is -3.45. The van der Waals surface area contributed by atoms with Gasteiger partial charge in [0.2, 0.25) is 5.91 Å². The molecule has 31 heavy (non-hydrogen) atoms. The number of amides is 1. The standard InChI is InChI=1S/C23H19ClFN5O/c24-14-5-4-13(18(25)11-14)10-20(31)29-15-6-8-16(9-7-15)30-19-3-1-2-17(19)21-22(30)23(26)28-12-27-21/h4-9,11-12H,1-3,10H2,(H,29,31)(H2,26,27,28). The van der Waals surface area contributed by atoms with Gasteiger partial charge in [0.15, 0.2) is 5.82 Å². The van der Waals surface area contributed by atoms with Crippen LogP contribution in [0, 0.1) is 5.82 Å². The van der Waals surface area contributed by atoms with Crippen LogP contribution in [0.2, 0.25) is 5.02 Å². The van der Waals surface area contributed by atoms with Crippen molar-refractivity contribution < 1.29 is 9.18 Å². The molecular weight excluding hydrogens is 417 g/mol. The number of nitrogens with zero attached hydrogens (tertiary/aromatic N) is 3. The summed E-state index contributed by atoms with van der Waals surface area (Å²) in [4.78, 5) is 21.0. The third-order valence-electron chi connectivity index (χ3n) is 5.59.